The lowest BCUT2D eigenvalue weighted by Gasteiger charge is -2.37. The fraction of sp³-hybridized carbons (Fsp3) is 0.615. The van der Waals surface area contributed by atoms with Crippen LogP contribution in [0.15, 0.2) is 5.38 Å². The summed E-state index contributed by atoms with van der Waals surface area (Å²) in [6, 6.07) is -0.0570. The Hall–Kier alpha value is -1.28. The number of rotatable bonds is 4. The zero-order chi connectivity index (χ0) is 15.5. The molecule has 21 heavy (non-hydrogen) atoms. The SMILES string of the molecule is CC1(C)CN(C(=O)NCCc2nc(C(=O)O)cs2)CCS1. The molecule has 2 N–H and O–H groups in total. The van der Waals surface area contributed by atoms with Gasteiger partial charge in [-0.25, -0.2) is 14.6 Å². The van der Waals surface area contributed by atoms with Crippen LogP contribution >= 0.6 is 23.1 Å². The summed E-state index contributed by atoms with van der Waals surface area (Å²) in [6.07, 6.45) is 0.551. The molecule has 1 aromatic rings. The Labute approximate surface area is 131 Å². The third-order valence-electron chi connectivity index (χ3n) is 3.10. The van der Waals surface area contributed by atoms with Gasteiger partial charge in [0, 0.05) is 41.9 Å². The highest BCUT2D eigenvalue weighted by molar-refractivity contribution is 8.00. The van der Waals surface area contributed by atoms with Gasteiger partial charge in [0.2, 0.25) is 0 Å². The van der Waals surface area contributed by atoms with Crippen molar-refractivity contribution < 1.29 is 14.7 Å². The molecule has 1 aliphatic heterocycles. The molecule has 2 rings (SSSR count). The molecule has 0 unspecified atom stereocenters. The second-order valence-corrected chi connectivity index (χ2v) is 8.19. The standard InChI is InChI=1S/C13H19N3O3S2/c1-13(2)8-16(5-6-21-13)12(19)14-4-3-10-15-9(7-20-10)11(17)18/h7H,3-6,8H2,1-2H3,(H,14,19)(H,17,18). The van der Waals surface area contributed by atoms with Crippen LogP contribution in [0.1, 0.15) is 29.3 Å². The summed E-state index contributed by atoms with van der Waals surface area (Å²) in [4.78, 5) is 28.6. The zero-order valence-corrected chi connectivity index (χ0v) is 13.7. The molecular weight excluding hydrogens is 310 g/mol. The number of carboxylic acids is 1. The third kappa shape index (κ3) is 4.60. The van der Waals surface area contributed by atoms with Crippen LogP contribution in [0.3, 0.4) is 0 Å². The Balaban J connectivity index is 1.77. The molecule has 1 saturated heterocycles. The molecule has 8 heteroatoms. The van der Waals surface area contributed by atoms with Crippen LogP contribution in [0.4, 0.5) is 4.79 Å². The molecule has 116 valence electrons. The molecular formula is C13H19N3O3S2. The van der Waals surface area contributed by atoms with Crippen LogP contribution in [0.2, 0.25) is 0 Å². The molecule has 2 amide bonds. The summed E-state index contributed by atoms with van der Waals surface area (Å²) in [7, 11) is 0. The molecule has 0 bridgehead atoms. The number of carbonyl (C=O) groups is 2. The molecule has 0 radical (unpaired) electrons. The lowest BCUT2D eigenvalue weighted by atomic mass is 10.2. The van der Waals surface area contributed by atoms with Gasteiger partial charge in [-0.1, -0.05) is 0 Å². The maximum atomic E-state index is 12.1. The molecule has 0 aliphatic carbocycles. The number of carbonyl (C=O) groups excluding carboxylic acids is 1. The molecule has 0 saturated carbocycles. The van der Waals surface area contributed by atoms with Crippen molar-refractivity contribution in [2.45, 2.75) is 25.0 Å². The number of nitrogens with zero attached hydrogens (tertiary/aromatic N) is 2. The summed E-state index contributed by atoms with van der Waals surface area (Å²) in [5.74, 6) is -0.0657. The van der Waals surface area contributed by atoms with Gasteiger partial charge in [0.1, 0.15) is 0 Å². The summed E-state index contributed by atoms with van der Waals surface area (Å²) in [6.45, 7) is 6.25. The van der Waals surface area contributed by atoms with E-state index in [4.69, 9.17) is 5.11 Å². The Morgan fingerprint density at radius 3 is 2.90 bits per heavy atom. The molecule has 1 aromatic heterocycles. The average molecular weight is 329 g/mol. The van der Waals surface area contributed by atoms with Crippen molar-refractivity contribution in [1.82, 2.24) is 15.2 Å². The first-order valence-corrected chi connectivity index (χ1v) is 8.58. The predicted octanol–water partition coefficient (Wildman–Crippen LogP) is 1.92. The summed E-state index contributed by atoms with van der Waals surface area (Å²) in [5.41, 5.74) is 0.0659. The highest BCUT2D eigenvalue weighted by Crippen LogP contribution is 2.29. The van der Waals surface area contributed by atoms with E-state index in [1.54, 1.807) is 0 Å². The Bertz CT molecular complexity index is 530. The normalized spacial score (nSPS) is 17.5. The van der Waals surface area contributed by atoms with Crippen LogP contribution in [0, 0.1) is 0 Å². The van der Waals surface area contributed by atoms with Gasteiger partial charge in [-0.15, -0.1) is 11.3 Å². The second kappa shape index (κ2) is 6.65. The van der Waals surface area contributed by atoms with E-state index in [1.807, 2.05) is 16.7 Å². The van der Waals surface area contributed by atoms with Gasteiger partial charge in [0.25, 0.3) is 0 Å². The highest BCUT2D eigenvalue weighted by Gasteiger charge is 2.29. The van der Waals surface area contributed by atoms with Crippen molar-refractivity contribution >= 4 is 35.1 Å². The number of urea groups is 1. The number of thioether (sulfide) groups is 1. The number of nitrogens with one attached hydrogen (secondary N) is 1. The minimum atomic E-state index is -1.02. The molecule has 1 fully saturated rings. The maximum Gasteiger partial charge on any atom is 0.355 e. The topological polar surface area (TPSA) is 82.5 Å². The largest absolute Gasteiger partial charge is 0.476 e. The number of hydrogen-bond acceptors (Lipinski definition) is 5. The predicted molar refractivity (Wildman–Crippen MR) is 84.3 cm³/mol. The van der Waals surface area contributed by atoms with Crippen LogP contribution in [0.5, 0.6) is 0 Å². The first-order valence-electron chi connectivity index (χ1n) is 6.72. The lowest BCUT2D eigenvalue weighted by Crippen LogP contribution is -2.50. The van der Waals surface area contributed by atoms with Gasteiger partial charge in [-0.05, 0) is 13.8 Å². The number of carboxylic acid groups (broad SMARTS) is 1. The molecule has 1 aliphatic rings. The van der Waals surface area contributed by atoms with Crippen molar-refractivity contribution in [3.05, 3.63) is 16.1 Å². The van der Waals surface area contributed by atoms with Crippen molar-refractivity contribution in [3.63, 3.8) is 0 Å². The number of aromatic nitrogens is 1. The number of amides is 2. The van der Waals surface area contributed by atoms with Gasteiger partial charge in [-0.3, -0.25) is 0 Å². The van der Waals surface area contributed by atoms with E-state index in [2.05, 4.69) is 24.1 Å². The maximum absolute atomic E-state index is 12.1. The van der Waals surface area contributed by atoms with E-state index in [0.29, 0.717) is 13.0 Å². The highest BCUT2D eigenvalue weighted by atomic mass is 32.2. The molecule has 0 spiro atoms. The van der Waals surface area contributed by atoms with Crippen LogP contribution in [-0.2, 0) is 6.42 Å². The van der Waals surface area contributed by atoms with E-state index in [-0.39, 0.29) is 16.5 Å². The van der Waals surface area contributed by atoms with E-state index in [9.17, 15) is 9.59 Å². The first kappa shape index (κ1) is 16.1. The van der Waals surface area contributed by atoms with Crippen molar-refractivity contribution in [2.24, 2.45) is 0 Å². The minimum Gasteiger partial charge on any atom is -0.476 e. The third-order valence-corrected chi connectivity index (χ3v) is 5.30. The van der Waals surface area contributed by atoms with Crippen molar-refractivity contribution in [1.29, 1.82) is 0 Å². The Kier molecular flexibility index (Phi) is 5.10. The zero-order valence-electron chi connectivity index (χ0n) is 12.1. The lowest BCUT2D eigenvalue weighted by molar-refractivity contribution is 0.0691. The number of thiazole rings is 1. The van der Waals surface area contributed by atoms with Gasteiger partial charge in [0.05, 0.1) is 5.01 Å². The van der Waals surface area contributed by atoms with E-state index >= 15 is 0 Å². The van der Waals surface area contributed by atoms with Gasteiger partial charge >= 0.3 is 12.0 Å². The van der Waals surface area contributed by atoms with Crippen molar-refractivity contribution in [2.75, 3.05) is 25.4 Å². The fourth-order valence-corrected chi connectivity index (χ4v) is 3.99. The van der Waals surface area contributed by atoms with Crippen LogP contribution < -0.4 is 5.32 Å². The summed E-state index contributed by atoms with van der Waals surface area (Å²) >= 11 is 3.19. The summed E-state index contributed by atoms with van der Waals surface area (Å²) < 4.78 is 0.0985. The van der Waals surface area contributed by atoms with Gasteiger partial charge in [-0.2, -0.15) is 11.8 Å². The van der Waals surface area contributed by atoms with Crippen molar-refractivity contribution in [3.8, 4) is 0 Å². The Morgan fingerprint density at radius 2 is 2.29 bits per heavy atom. The summed E-state index contributed by atoms with van der Waals surface area (Å²) in [5, 5.41) is 13.9. The number of aromatic carboxylic acids is 1. The quantitative estimate of drug-likeness (QED) is 0.882. The average Bonchev–Trinajstić information content (AvgIpc) is 2.86. The molecule has 0 atom stereocenters. The number of hydrogen-bond donors (Lipinski definition) is 2. The van der Waals surface area contributed by atoms with Gasteiger partial charge in [0.15, 0.2) is 5.69 Å². The monoisotopic (exact) mass is 329 g/mol. The van der Waals surface area contributed by atoms with Crippen LogP contribution in [0.25, 0.3) is 0 Å². The van der Waals surface area contributed by atoms with Gasteiger partial charge < -0.3 is 15.3 Å². The molecule has 6 nitrogen and oxygen atoms in total. The van der Waals surface area contributed by atoms with E-state index < -0.39 is 5.97 Å². The molecule has 0 aromatic carbocycles. The van der Waals surface area contributed by atoms with E-state index in [0.717, 1.165) is 23.8 Å². The molecule has 2 heterocycles. The van der Waals surface area contributed by atoms with E-state index in [1.165, 1.54) is 16.7 Å². The second-order valence-electron chi connectivity index (χ2n) is 5.44. The smallest absolute Gasteiger partial charge is 0.355 e. The fourth-order valence-electron chi connectivity index (χ4n) is 2.10. The van der Waals surface area contributed by atoms with Crippen LogP contribution in [-0.4, -0.2) is 57.1 Å². The Morgan fingerprint density at radius 1 is 1.52 bits per heavy atom. The first-order chi connectivity index (χ1) is 9.87. The minimum absolute atomic E-state index is 0.0570.